The third-order valence-corrected chi connectivity index (χ3v) is 5.03. The van der Waals surface area contributed by atoms with E-state index in [1.807, 2.05) is 24.3 Å². The molecule has 2 aromatic carbocycles. The molecule has 2 aromatic rings. The normalized spacial score (nSPS) is 12.0. The van der Waals surface area contributed by atoms with Gasteiger partial charge in [-0.3, -0.25) is 0 Å². The molecule has 0 heterocycles. The summed E-state index contributed by atoms with van der Waals surface area (Å²) in [5.41, 5.74) is 3.38. The van der Waals surface area contributed by atoms with E-state index in [2.05, 4.69) is 51.1 Å². The number of benzene rings is 2. The van der Waals surface area contributed by atoms with Gasteiger partial charge in [-0.25, -0.2) is 0 Å². The lowest BCUT2D eigenvalue weighted by molar-refractivity contribution is 0.304. The maximum absolute atomic E-state index is 9.58. The third kappa shape index (κ3) is 6.43. The molecule has 144 valence electrons. The average Bonchev–Trinajstić information content (AvgIpc) is 2.68. The summed E-state index contributed by atoms with van der Waals surface area (Å²) in [6.07, 6.45) is 7.64. The minimum atomic E-state index is -0.0927. The van der Waals surface area contributed by atoms with Gasteiger partial charge in [0.25, 0.3) is 0 Å². The van der Waals surface area contributed by atoms with Gasteiger partial charge in [-0.15, -0.1) is 0 Å². The van der Waals surface area contributed by atoms with E-state index in [1.54, 1.807) is 0 Å². The van der Waals surface area contributed by atoms with Crippen LogP contribution in [0.25, 0.3) is 11.1 Å². The van der Waals surface area contributed by atoms with Crippen molar-refractivity contribution in [1.82, 2.24) is 0 Å². The highest BCUT2D eigenvalue weighted by Crippen LogP contribution is 2.33. The first-order valence-corrected chi connectivity index (χ1v) is 10.4. The molecular formula is C25H33NO. The molecule has 0 aliphatic heterocycles. The van der Waals surface area contributed by atoms with Gasteiger partial charge in [-0.05, 0) is 41.2 Å². The number of nitriles is 1. The van der Waals surface area contributed by atoms with E-state index in [4.69, 9.17) is 4.74 Å². The van der Waals surface area contributed by atoms with Crippen molar-refractivity contribution in [3.8, 4) is 22.9 Å². The van der Waals surface area contributed by atoms with E-state index < -0.39 is 0 Å². The highest BCUT2D eigenvalue weighted by molar-refractivity contribution is 5.69. The Bertz CT molecular complexity index is 712. The van der Waals surface area contributed by atoms with Crippen molar-refractivity contribution >= 4 is 0 Å². The van der Waals surface area contributed by atoms with E-state index >= 15 is 0 Å². The molecule has 2 nitrogen and oxygen atoms in total. The highest BCUT2D eigenvalue weighted by Gasteiger charge is 2.18. The maximum Gasteiger partial charge on any atom is 0.119 e. The first kappa shape index (κ1) is 21.0. The van der Waals surface area contributed by atoms with E-state index in [1.165, 1.54) is 32.1 Å². The molecule has 0 amide bonds. The molecule has 0 bridgehead atoms. The van der Waals surface area contributed by atoms with Crippen LogP contribution in [-0.2, 0) is 0 Å². The SMILES string of the molecule is CCCCCCCCOc1ccc(-c2ccccc2C(C#N)C(C)C)cc1. The zero-order valence-electron chi connectivity index (χ0n) is 17.1. The van der Waals surface area contributed by atoms with Crippen LogP contribution < -0.4 is 4.74 Å². The maximum atomic E-state index is 9.58. The predicted octanol–water partition coefficient (Wildman–Crippen LogP) is 7.36. The van der Waals surface area contributed by atoms with Crippen LogP contribution in [-0.4, -0.2) is 6.61 Å². The minimum absolute atomic E-state index is 0.0927. The number of hydrogen-bond acceptors (Lipinski definition) is 2. The fourth-order valence-corrected chi connectivity index (χ4v) is 3.41. The summed E-state index contributed by atoms with van der Waals surface area (Å²) >= 11 is 0. The molecule has 1 unspecified atom stereocenters. The lowest BCUT2D eigenvalue weighted by atomic mass is 9.85. The van der Waals surface area contributed by atoms with E-state index in [9.17, 15) is 5.26 Å². The zero-order valence-corrected chi connectivity index (χ0v) is 17.1. The van der Waals surface area contributed by atoms with Gasteiger partial charge in [0.2, 0.25) is 0 Å². The summed E-state index contributed by atoms with van der Waals surface area (Å²) in [6.45, 7) is 7.23. The summed E-state index contributed by atoms with van der Waals surface area (Å²) in [4.78, 5) is 0. The van der Waals surface area contributed by atoms with Crippen molar-refractivity contribution in [3.63, 3.8) is 0 Å². The Morgan fingerprint density at radius 1 is 0.889 bits per heavy atom. The topological polar surface area (TPSA) is 33.0 Å². The summed E-state index contributed by atoms with van der Waals surface area (Å²) in [5.74, 6) is 1.12. The molecule has 2 rings (SSSR count). The van der Waals surface area contributed by atoms with E-state index in [0.29, 0.717) is 0 Å². The van der Waals surface area contributed by atoms with Crippen LogP contribution in [0.5, 0.6) is 5.75 Å². The Kier molecular flexibility index (Phi) is 8.92. The van der Waals surface area contributed by atoms with Crippen LogP contribution in [0.1, 0.15) is 70.8 Å². The molecule has 0 fully saturated rings. The van der Waals surface area contributed by atoms with Crippen molar-refractivity contribution in [3.05, 3.63) is 54.1 Å². The number of hydrogen-bond donors (Lipinski definition) is 0. The van der Waals surface area contributed by atoms with Gasteiger partial charge in [0.15, 0.2) is 0 Å². The van der Waals surface area contributed by atoms with Crippen molar-refractivity contribution in [2.45, 2.75) is 65.2 Å². The number of nitrogens with zero attached hydrogens (tertiary/aromatic N) is 1. The Hall–Kier alpha value is -2.27. The van der Waals surface area contributed by atoms with E-state index in [0.717, 1.165) is 35.5 Å². The van der Waals surface area contributed by atoms with Crippen LogP contribution in [0.3, 0.4) is 0 Å². The van der Waals surface area contributed by atoms with Gasteiger partial charge < -0.3 is 4.74 Å². The predicted molar refractivity (Wildman–Crippen MR) is 114 cm³/mol. The van der Waals surface area contributed by atoms with Crippen LogP contribution in [0.15, 0.2) is 48.5 Å². The Labute approximate surface area is 165 Å². The molecule has 0 spiro atoms. The zero-order chi connectivity index (χ0) is 19.5. The number of rotatable bonds is 11. The van der Waals surface area contributed by atoms with Crippen molar-refractivity contribution < 1.29 is 4.74 Å². The lowest BCUT2D eigenvalue weighted by Crippen LogP contribution is -2.05. The van der Waals surface area contributed by atoms with Gasteiger partial charge in [0, 0.05) is 0 Å². The summed E-state index contributed by atoms with van der Waals surface area (Å²) < 4.78 is 5.89. The van der Waals surface area contributed by atoms with Crippen molar-refractivity contribution in [1.29, 1.82) is 5.26 Å². The Morgan fingerprint density at radius 3 is 2.22 bits per heavy atom. The first-order valence-electron chi connectivity index (χ1n) is 10.4. The van der Waals surface area contributed by atoms with Crippen LogP contribution in [0.4, 0.5) is 0 Å². The largest absolute Gasteiger partial charge is 0.494 e. The highest BCUT2D eigenvalue weighted by atomic mass is 16.5. The van der Waals surface area contributed by atoms with Crippen molar-refractivity contribution in [2.75, 3.05) is 6.61 Å². The molecule has 0 aromatic heterocycles. The fourth-order valence-electron chi connectivity index (χ4n) is 3.41. The van der Waals surface area contributed by atoms with Gasteiger partial charge in [0.05, 0.1) is 18.6 Å². The third-order valence-electron chi connectivity index (χ3n) is 5.03. The first-order chi connectivity index (χ1) is 13.2. The standard InChI is InChI=1S/C25H33NO/c1-4-5-6-7-8-11-18-27-22-16-14-21(15-17-22)23-12-9-10-13-24(23)25(19-26)20(2)3/h9-10,12-17,20,25H,4-8,11,18H2,1-3H3. The second kappa shape index (κ2) is 11.4. The van der Waals surface area contributed by atoms with E-state index in [-0.39, 0.29) is 11.8 Å². The van der Waals surface area contributed by atoms with Gasteiger partial charge in [-0.1, -0.05) is 89.3 Å². The fraction of sp³-hybridized carbons (Fsp3) is 0.480. The summed E-state index contributed by atoms with van der Waals surface area (Å²) in [6, 6.07) is 19.0. The second-order valence-electron chi connectivity index (χ2n) is 7.58. The molecule has 0 saturated heterocycles. The number of unbranched alkanes of at least 4 members (excludes halogenated alkanes) is 5. The molecule has 2 heteroatoms. The average molecular weight is 364 g/mol. The lowest BCUT2D eigenvalue weighted by Gasteiger charge is -2.18. The van der Waals surface area contributed by atoms with Gasteiger partial charge >= 0.3 is 0 Å². The Morgan fingerprint density at radius 2 is 1.56 bits per heavy atom. The second-order valence-corrected chi connectivity index (χ2v) is 7.58. The molecule has 0 aliphatic rings. The molecule has 0 saturated carbocycles. The molecular weight excluding hydrogens is 330 g/mol. The molecule has 27 heavy (non-hydrogen) atoms. The molecule has 0 radical (unpaired) electrons. The van der Waals surface area contributed by atoms with Gasteiger partial charge in [0.1, 0.15) is 5.75 Å². The van der Waals surface area contributed by atoms with Crippen LogP contribution in [0, 0.1) is 17.2 Å². The molecule has 1 atom stereocenters. The van der Waals surface area contributed by atoms with Crippen LogP contribution >= 0.6 is 0 Å². The quantitative estimate of drug-likeness (QED) is 0.391. The molecule has 0 N–H and O–H groups in total. The monoisotopic (exact) mass is 363 g/mol. The van der Waals surface area contributed by atoms with Crippen LogP contribution in [0.2, 0.25) is 0 Å². The Balaban J connectivity index is 1.97. The summed E-state index contributed by atoms with van der Waals surface area (Å²) in [7, 11) is 0. The van der Waals surface area contributed by atoms with Gasteiger partial charge in [-0.2, -0.15) is 5.26 Å². The smallest absolute Gasteiger partial charge is 0.119 e. The molecule has 0 aliphatic carbocycles. The number of ether oxygens (including phenoxy) is 1. The van der Waals surface area contributed by atoms with Crippen molar-refractivity contribution in [2.24, 2.45) is 5.92 Å². The summed E-state index contributed by atoms with van der Waals surface area (Å²) in [5, 5.41) is 9.58. The minimum Gasteiger partial charge on any atom is -0.494 e.